The van der Waals surface area contributed by atoms with Crippen LogP contribution >= 0.6 is 11.6 Å². The van der Waals surface area contributed by atoms with Crippen LogP contribution in [0.1, 0.15) is 11.1 Å². The molecule has 0 spiro atoms. The van der Waals surface area contributed by atoms with Crippen molar-refractivity contribution in [2.75, 3.05) is 11.9 Å². The highest BCUT2D eigenvalue weighted by Crippen LogP contribution is 2.31. The van der Waals surface area contributed by atoms with Gasteiger partial charge in [-0.25, -0.2) is 0 Å². The zero-order valence-corrected chi connectivity index (χ0v) is 11.2. The van der Waals surface area contributed by atoms with E-state index < -0.39 is 0 Å². The molecule has 0 aliphatic rings. The Labute approximate surface area is 117 Å². The lowest BCUT2D eigenvalue weighted by Crippen LogP contribution is -2.13. The van der Waals surface area contributed by atoms with Gasteiger partial charge in [0, 0.05) is 23.3 Å². The number of aliphatic hydroxyl groups excluding tert-OH is 1. The number of nitriles is 1. The number of halogens is 1. The summed E-state index contributed by atoms with van der Waals surface area (Å²) < 4.78 is 0. The van der Waals surface area contributed by atoms with Gasteiger partial charge in [-0.3, -0.25) is 0 Å². The van der Waals surface area contributed by atoms with E-state index >= 15 is 0 Å². The normalized spacial score (nSPS) is 10.0. The fourth-order valence-corrected chi connectivity index (χ4v) is 2.19. The highest BCUT2D eigenvalue weighted by atomic mass is 35.5. The molecule has 2 rings (SSSR count). The van der Waals surface area contributed by atoms with E-state index in [1.807, 2.05) is 36.2 Å². The van der Waals surface area contributed by atoms with Crippen molar-refractivity contribution in [1.29, 1.82) is 5.26 Å². The van der Waals surface area contributed by atoms with Crippen LogP contribution in [0.2, 0.25) is 5.02 Å². The van der Waals surface area contributed by atoms with E-state index in [9.17, 15) is 5.11 Å². The number of rotatable bonds is 3. The molecular formula is C15H13ClN2O. The smallest absolute Gasteiger partial charge is 0.101 e. The van der Waals surface area contributed by atoms with Crippen LogP contribution in [0.15, 0.2) is 42.5 Å². The third-order valence-electron chi connectivity index (χ3n) is 2.96. The van der Waals surface area contributed by atoms with Crippen molar-refractivity contribution >= 4 is 23.0 Å². The second-order valence-electron chi connectivity index (χ2n) is 4.12. The summed E-state index contributed by atoms with van der Waals surface area (Å²) in [5.74, 6) is 0. The molecule has 2 aromatic rings. The number of aliphatic hydroxyl groups is 1. The first-order valence-corrected chi connectivity index (χ1v) is 6.17. The molecule has 1 N–H and O–H groups in total. The molecule has 0 unspecified atom stereocenters. The number of nitrogens with zero attached hydrogens (tertiary/aromatic N) is 2. The number of para-hydroxylation sites is 1. The zero-order valence-electron chi connectivity index (χ0n) is 10.5. The summed E-state index contributed by atoms with van der Waals surface area (Å²) in [6, 6.07) is 14.8. The summed E-state index contributed by atoms with van der Waals surface area (Å²) in [5, 5.41) is 19.1. The molecule has 4 heteroatoms. The lowest BCUT2D eigenvalue weighted by atomic mass is 10.1. The number of anilines is 2. The summed E-state index contributed by atoms with van der Waals surface area (Å²) in [5.41, 5.74) is 2.93. The maximum Gasteiger partial charge on any atom is 0.101 e. The number of benzene rings is 2. The predicted molar refractivity (Wildman–Crippen MR) is 76.6 cm³/mol. The van der Waals surface area contributed by atoms with Crippen molar-refractivity contribution in [3.05, 3.63) is 58.6 Å². The molecular weight excluding hydrogens is 260 g/mol. The maximum absolute atomic E-state index is 9.41. The van der Waals surface area contributed by atoms with Crippen molar-refractivity contribution < 1.29 is 5.11 Å². The third kappa shape index (κ3) is 2.70. The van der Waals surface area contributed by atoms with Crippen LogP contribution in [-0.2, 0) is 6.61 Å². The Hall–Kier alpha value is -2.02. The van der Waals surface area contributed by atoms with Crippen molar-refractivity contribution in [3.63, 3.8) is 0 Å². The first-order valence-electron chi connectivity index (χ1n) is 5.79. The average molecular weight is 273 g/mol. The van der Waals surface area contributed by atoms with Gasteiger partial charge in [0.2, 0.25) is 0 Å². The summed E-state index contributed by atoms with van der Waals surface area (Å²) in [4.78, 5) is 1.88. The van der Waals surface area contributed by atoms with Gasteiger partial charge in [0.25, 0.3) is 0 Å². The minimum absolute atomic E-state index is 0.102. The van der Waals surface area contributed by atoms with Gasteiger partial charge in [-0.2, -0.15) is 5.26 Å². The molecule has 0 aliphatic carbocycles. The van der Waals surface area contributed by atoms with Crippen LogP contribution in [0.25, 0.3) is 0 Å². The fourth-order valence-electron chi connectivity index (χ4n) is 2.00. The van der Waals surface area contributed by atoms with Crippen LogP contribution in [0.4, 0.5) is 11.4 Å². The Kier molecular flexibility index (Phi) is 4.06. The molecule has 0 fully saturated rings. The molecule has 0 aliphatic heterocycles. The van der Waals surface area contributed by atoms with Crippen molar-refractivity contribution in [2.24, 2.45) is 0 Å². The number of hydrogen-bond donors (Lipinski definition) is 1. The summed E-state index contributed by atoms with van der Waals surface area (Å²) in [6.07, 6.45) is 0. The molecule has 3 nitrogen and oxygen atoms in total. The quantitative estimate of drug-likeness (QED) is 0.931. The molecule has 0 bridgehead atoms. The van der Waals surface area contributed by atoms with E-state index in [1.54, 1.807) is 18.2 Å². The van der Waals surface area contributed by atoms with Crippen LogP contribution in [0.3, 0.4) is 0 Å². The average Bonchev–Trinajstić information content (AvgIpc) is 2.46. The SMILES string of the molecule is CN(c1ccccc1C#N)c1ccc(Cl)cc1CO. The van der Waals surface area contributed by atoms with Crippen molar-refractivity contribution in [1.82, 2.24) is 0 Å². The second kappa shape index (κ2) is 5.75. The highest BCUT2D eigenvalue weighted by molar-refractivity contribution is 6.30. The lowest BCUT2D eigenvalue weighted by molar-refractivity contribution is 0.282. The predicted octanol–water partition coefficient (Wildman–Crippen LogP) is 3.47. The zero-order chi connectivity index (χ0) is 13.8. The Bertz CT molecular complexity index is 634. The third-order valence-corrected chi connectivity index (χ3v) is 3.19. The highest BCUT2D eigenvalue weighted by Gasteiger charge is 2.12. The molecule has 0 saturated carbocycles. The molecule has 0 radical (unpaired) electrons. The van der Waals surface area contributed by atoms with Crippen LogP contribution < -0.4 is 4.90 Å². The summed E-state index contributed by atoms with van der Waals surface area (Å²) >= 11 is 5.92. The molecule has 0 saturated heterocycles. The van der Waals surface area contributed by atoms with Crippen molar-refractivity contribution in [3.8, 4) is 6.07 Å². The van der Waals surface area contributed by atoms with E-state index in [0.717, 1.165) is 16.9 Å². The van der Waals surface area contributed by atoms with E-state index in [1.165, 1.54) is 0 Å². The van der Waals surface area contributed by atoms with Gasteiger partial charge in [-0.15, -0.1) is 0 Å². The summed E-state index contributed by atoms with van der Waals surface area (Å²) in [7, 11) is 1.86. The molecule has 0 heterocycles. The van der Waals surface area contributed by atoms with Crippen LogP contribution in [0.5, 0.6) is 0 Å². The molecule has 19 heavy (non-hydrogen) atoms. The van der Waals surface area contributed by atoms with E-state index in [0.29, 0.717) is 10.6 Å². The van der Waals surface area contributed by atoms with Gasteiger partial charge in [-0.05, 0) is 30.3 Å². The topological polar surface area (TPSA) is 47.3 Å². The number of hydrogen-bond acceptors (Lipinski definition) is 3. The standard InChI is InChI=1S/C15H13ClN2O/c1-18(14-5-3-2-4-11(14)9-17)15-7-6-13(16)8-12(15)10-19/h2-8,19H,10H2,1H3. The minimum atomic E-state index is -0.102. The first-order chi connectivity index (χ1) is 9.17. The largest absolute Gasteiger partial charge is 0.392 e. The fraction of sp³-hybridized carbons (Fsp3) is 0.133. The molecule has 0 atom stereocenters. The molecule has 0 amide bonds. The minimum Gasteiger partial charge on any atom is -0.392 e. The Balaban J connectivity index is 2.50. The monoisotopic (exact) mass is 272 g/mol. The molecule has 0 aromatic heterocycles. The Morgan fingerprint density at radius 3 is 2.63 bits per heavy atom. The van der Waals surface area contributed by atoms with Gasteiger partial charge in [-0.1, -0.05) is 23.7 Å². The van der Waals surface area contributed by atoms with E-state index in [4.69, 9.17) is 16.9 Å². The van der Waals surface area contributed by atoms with Gasteiger partial charge in [0.15, 0.2) is 0 Å². The Morgan fingerprint density at radius 1 is 1.21 bits per heavy atom. The van der Waals surface area contributed by atoms with E-state index in [-0.39, 0.29) is 6.61 Å². The van der Waals surface area contributed by atoms with E-state index in [2.05, 4.69) is 6.07 Å². The van der Waals surface area contributed by atoms with Gasteiger partial charge < -0.3 is 10.0 Å². The molecule has 2 aromatic carbocycles. The van der Waals surface area contributed by atoms with Crippen LogP contribution in [0, 0.1) is 11.3 Å². The second-order valence-corrected chi connectivity index (χ2v) is 4.56. The first kappa shape index (κ1) is 13.4. The lowest BCUT2D eigenvalue weighted by Gasteiger charge is -2.23. The van der Waals surface area contributed by atoms with Crippen molar-refractivity contribution in [2.45, 2.75) is 6.61 Å². The van der Waals surface area contributed by atoms with Gasteiger partial charge in [0.05, 0.1) is 17.9 Å². The molecule has 96 valence electrons. The van der Waals surface area contributed by atoms with Crippen LogP contribution in [-0.4, -0.2) is 12.2 Å². The maximum atomic E-state index is 9.41. The Morgan fingerprint density at radius 2 is 1.95 bits per heavy atom. The van der Waals surface area contributed by atoms with Gasteiger partial charge >= 0.3 is 0 Å². The van der Waals surface area contributed by atoms with Gasteiger partial charge in [0.1, 0.15) is 6.07 Å². The summed E-state index contributed by atoms with van der Waals surface area (Å²) in [6.45, 7) is -0.102.